The number of benzene rings is 1. The van der Waals surface area contributed by atoms with Crippen molar-refractivity contribution in [3.63, 3.8) is 0 Å². The monoisotopic (exact) mass is 273 g/mol. The third-order valence-electron chi connectivity index (χ3n) is 2.34. The molecule has 1 rings (SSSR count). The van der Waals surface area contributed by atoms with Crippen molar-refractivity contribution < 1.29 is 9.53 Å². The molecule has 0 aliphatic rings. The van der Waals surface area contributed by atoms with Gasteiger partial charge in [-0.1, -0.05) is 11.6 Å². The van der Waals surface area contributed by atoms with E-state index in [1.54, 1.807) is 25.1 Å². The molecule has 0 atom stereocenters. The van der Waals surface area contributed by atoms with Gasteiger partial charge in [0.15, 0.2) is 0 Å². The lowest BCUT2D eigenvalue weighted by Gasteiger charge is -2.18. The van der Waals surface area contributed by atoms with Gasteiger partial charge in [0, 0.05) is 24.2 Å². The highest BCUT2D eigenvalue weighted by molar-refractivity contribution is 7.99. The number of carbonyl (C=O) groups is 1. The molecule has 0 unspecified atom stereocenters. The Bertz CT molecular complexity index is 398. The van der Waals surface area contributed by atoms with E-state index in [9.17, 15) is 4.79 Å². The molecular formula is C12H16ClNO2S. The van der Waals surface area contributed by atoms with Crippen molar-refractivity contribution >= 4 is 29.3 Å². The molecule has 0 aliphatic carbocycles. The summed E-state index contributed by atoms with van der Waals surface area (Å²) in [6.45, 7) is 0.503. The zero-order valence-corrected chi connectivity index (χ0v) is 11.8. The van der Waals surface area contributed by atoms with Crippen LogP contribution in [-0.2, 0) is 11.3 Å². The van der Waals surface area contributed by atoms with Crippen LogP contribution in [0.2, 0.25) is 5.02 Å². The first-order chi connectivity index (χ1) is 8.08. The highest BCUT2D eigenvalue weighted by atomic mass is 35.5. The van der Waals surface area contributed by atoms with Crippen LogP contribution >= 0.6 is 23.4 Å². The smallest absolute Gasteiger partial charge is 0.232 e. The molecule has 17 heavy (non-hydrogen) atoms. The average Bonchev–Trinajstić information content (AvgIpc) is 2.29. The van der Waals surface area contributed by atoms with Crippen LogP contribution in [0, 0.1) is 0 Å². The Morgan fingerprint density at radius 1 is 1.53 bits per heavy atom. The van der Waals surface area contributed by atoms with Crippen molar-refractivity contribution in [3.05, 3.63) is 28.8 Å². The standard InChI is InChI=1S/C12H16ClNO2S/c1-14(12(15)8-17-3)7-9-6-10(13)4-5-11(9)16-2/h4-6H,7-8H2,1-3H3. The Morgan fingerprint density at radius 3 is 2.82 bits per heavy atom. The van der Waals surface area contributed by atoms with E-state index in [2.05, 4.69) is 0 Å². The number of carbonyl (C=O) groups excluding carboxylic acids is 1. The number of hydrogen-bond acceptors (Lipinski definition) is 3. The molecular weight excluding hydrogens is 258 g/mol. The van der Waals surface area contributed by atoms with Crippen molar-refractivity contribution in [2.24, 2.45) is 0 Å². The van der Waals surface area contributed by atoms with Gasteiger partial charge >= 0.3 is 0 Å². The molecule has 0 fully saturated rings. The summed E-state index contributed by atoms with van der Waals surface area (Å²) < 4.78 is 5.24. The summed E-state index contributed by atoms with van der Waals surface area (Å²) in [6, 6.07) is 5.40. The Balaban J connectivity index is 2.79. The summed E-state index contributed by atoms with van der Waals surface area (Å²) in [5, 5.41) is 0.645. The minimum atomic E-state index is 0.0968. The first-order valence-corrected chi connectivity index (χ1v) is 6.91. The van der Waals surface area contributed by atoms with E-state index >= 15 is 0 Å². The number of halogens is 1. The van der Waals surface area contributed by atoms with Gasteiger partial charge in [0.25, 0.3) is 0 Å². The molecule has 94 valence electrons. The third-order valence-corrected chi connectivity index (χ3v) is 3.11. The second-order valence-electron chi connectivity index (χ2n) is 3.64. The third kappa shape index (κ3) is 4.13. The zero-order valence-electron chi connectivity index (χ0n) is 10.2. The Kier molecular flexibility index (Phi) is 5.65. The lowest BCUT2D eigenvalue weighted by molar-refractivity contribution is -0.127. The quantitative estimate of drug-likeness (QED) is 0.826. The Morgan fingerprint density at radius 2 is 2.24 bits per heavy atom. The van der Waals surface area contributed by atoms with E-state index in [4.69, 9.17) is 16.3 Å². The maximum absolute atomic E-state index is 11.7. The first-order valence-electron chi connectivity index (χ1n) is 5.13. The lowest BCUT2D eigenvalue weighted by atomic mass is 10.2. The highest BCUT2D eigenvalue weighted by Gasteiger charge is 2.11. The molecule has 0 N–H and O–H groups in total. The second kappa shape index (κ2) is 6.77. The summed E-state index contributed by atoms with van der Waals surface area (Å²) in [5.74, 6) is 1.33. The minimum absolute atomic E-state index is 0.0968. The molecule has 5 heteroatoms. The maximum Gasteiger partial charge on any atom is 0.232 e. The molecule has 0 bridgehead atoms. The lowest BCUT2D eigenvalue weighted by Crippen LogP contribution is -2.27. The fraction of sp³-hybridized carbons (Fsp3) is 0.417. The number of thioether (sulfide) groups is 1. The number of hydrogen-bond donors (Lipinski definition) is 0. The first kappa shape index (κ1) is 14.2. The Labute approximate surface area is 111 Å². The molecule has 3 nitrogen and oxygen atoms in total. The number of ether oxygens (including phenoxy) is 1. The molecule has 0 radical (unpaired) electrons. The van der Waals surface area contributed by atoms with Crippen LogP contribution in [0.5, 0.6) is 5.75 Å². The minimum Gasteiger partial charge on any atom is -0.496 e. The fourth-order valence-corrected chi connectivity index (χ4v) is 2.11. The van der Waals surface area contributed by atoms with Gasteiger partial charge in [0.1, 0.15) is 5.75 Å². The molecule has 0 saturated carbocycles. The predicted octanol–water partition coefficient (Wildman–Crippen LogP) is 2.67. The molecule has 0 saturated heterocycles. The summed E-state index contributed by atoms with van der Waals surface area (Å²) in [4.78, 5) is 13.3. The van der Waals surface area contributed by atoms with Crippen LogP contribution in [-0.4, -0.2) is 37.0 Å². The molecule has 0 spiro atoms. The van der Waals surface area contributed by atoms with Crippen LogP contribution in [0.3, 0.4) is 0 Å². The second-order valence-corrected chi connectivity index (χ2v) is 4.94. The van der Waals surface area contributed by atoms with E-state index in [1.807, 2.05) is 18.4 Å². The van der Waals surface area contributed by atoms with Crippen molar-refractivity contribution in [1.82, 2.24) is 4.90 Å². The van der Waals surface area contributed by atoms with Gasteiger partial charge in [-0.05, 0) is 24.5 Å². The molecule has 0 aliphatic heterocycles. The SMILES string of the molecule is COc1ccc(Cl)cc1CN(C)C(=O)CSC. The number of methoxy groups -OCH3 is 1. The Hall–Kier alpha value is -0.870. The van der Waals surface area contributed by atoms with Gasteiger partial charge in [0.2, 0.25) is 5.91 Å². The van der Waals surface area contributed by atoms with Gasteiger partial charge in [-0.3, -0.25) is 4.79 Å². The average molecular weight is 274 g/mol. The van der Waals surface area contributed by atoms with Gasteiger partial charge < -0.3 is 9.64 Å². The van der Waals surface area contributed by atoms with Crippen molar-refractivity contribution in [1.29, 1.82) is 0 Å². The number of amides is 1. The molecule has 1 amide bonds. The van der Waals surface area contributed by atoms with E-state index in [0.29, 0.717) is 17.3 Å². The summed E-state index contributed by atoms with van der Waals surface area (Å²) >= 11 is 7.45. The van der Waals surface area contributed by atoms with E-state index < -0.39 is 0 Å². The van der Waals surface area contributed by atoms with Gasteiger partial charge in [-0.25, -0.2) is 0 Å². The van der Waals surface area contributed by atoms with Crippen molar-refractivity contribution in [2.75, 3.05) is 26.2 Å². The van der Waals surface area contributed by atoms with Crippen molar-refractivity contribution in [3.8, 4) is 5.75 Å². The summed E-state index contributed by atoms with van der Waals surface area (Å²) in [5.41, 5.74) is 0.914. The van der Waals surface area contributed by atoms with E-state index in [-0.39, 0.29) is 5.91 Å². The van der Waals surface area contributed by atoms with E-state index in [0.717, 1.165) is 11.3 Å². The van der Waals surface area contributed by atoms with Crippen molar-refractivity contribution in [2.45, 2.75) is 6.54 Å². The van der Waals surface area contributed by atoms with Crippen LogP contribution in [0.25, 0.3) is 0 Å². The normalized spacial score (nSPS) is 10.1. The topological polar surface area (TPSA) is 29.5 Å². The predicted molar refractivity (Wildman–Crippen MR) is 72.9 cm³/mol. The fourth-order valence-electron chi connectivity index (χ4n) is 1.45. The van der Waals surface area contributed by atoms with Gasteiger partial charge in [0.05, 0.1) is 12.9 Å². The largest absolute Gasteiger partial charge is 0.496 e. The van der Waals surface area contributed by atoms with Gasteiger partial charge in [-0.2, -0.15) is 11.8 Å². The van der Waals surface area contributed by atoms with E-state index in [1.165, 1.54) is 11.8 Å². The highest BCUT2D eigenvalue weighted by Crippen LogP contribution is 2.23. The molecule has 1 aromatic carbocycles. The molecule has 1 aromatic rings. The summed E-state index contributed by atoms with van der Waals surface area (Å²) in [6.07, 6.45) is 1.91. The van der Waals surface area contributed by atoms with Gasteiger partial charge in [-0.15, -0.1) is 0 Å². The van der Waals surface area contributed by atoms with Crippen LogP contribution in [0.15, 0.2) is 18.2 Å². The molecule has 0 aromatic heterocycles. The van der Waals surface area contributed by atoms with Crippen LogP contribution in [0.1, 0.15) is 5.56 Å². The molecule has 0 heterocycles. The number of nitrogens with zero attached hydrogens (tertiary/aromatic N) is 1. The van der Waals surface area contributed by atoms with Crippen LogP contribution < -0.4 is 4.74 Å². The maximum atomic E-state index is 11.7. The summed E-state index contributed by atoms with van der Waals surface area (Å²) in [7, 11) is 3.38. The zero-order chi connectivity index (χ0) is 12.8. The number of rotatable bonds is 5. The van der Waals surface area contributed by atoms with Crippen LogP contribution in [0.4, 0.5) is 0 Å².